The molecular formula is C15H24FNO3S. The third-order valence-electron chi connectivity index (χ3n) is 3.42. The Balaban J connectivity index is 2.77. The Morgan fingerprint density at radius 1 is 1.33 bits per heavy atom. The van der Waals surface area contributed by atoms with E-state index in [0.717, 1.165) is 12.1 Å². The number of rotatable bonds is 9. The number of ether oxygens (including phenoxy) is 1. The Bertz CT molecular complexity index is 546. The molecule has 0 aromatic heterocycles. The Morgan fingerprint density at radius 3 is 2.62 bits per heavy atom. The van der Waals surface area contributed by atoms with Crippen LogP contribution in [0.25, 0.3) is 0 Å². The molecule has 1 rings (SSSR count). The zero-order valence-electron chi connectivity index (χ0n) is 12.9. The van der Waals surface area contributed by atoms with Gasteiger partial charge in [-0.1, -0.05) is 19.9 Å². The second-order valence-corrected chi connectivity index (χ2v) is 7.36. The van der Waals surface area contributed by atoms with E-state index in [1.54, 1.807) is 19.1 Å². The quantitative estimate of drug-likeness (QED) is 0.761. The third-order valence-corrected chi connectivity index (χ3v) is 5.21. The van der Waals surface area contributed by atoms with E-state index in [-0.39, 0.29) is 23.3 Å². The van der Waals surface area contributed by atoms with Crippen molar-refractivity contribution in [3.63, 3.8) is 0 Å². The second-order valence-electron chi connectivity index (χ2n) is 4.88. The third kappa shape index (κ3) is 5.63. The van der Waals surface area contributed by atoms with Crippen LogP contribution in [0.3, 0.4) is 0 Å². The molecule has 0 radical (unpaired) electrons. The van der Waals surface area contributed by atoms with Gasteiger partial charge in [-0.2, -0.15) is 0 Å². The fourth-order valence-electron chi connectivity index (χ4n) is 2.18. The zero-order chi connectivity index (χ0) is 15.9. The van der Waals surface area contributed by atoms with Gasteiger partial charge >= 0.3 is 0 Å². The van der Waals surface area contributed by atoms with E-state index in [2.05, 4.69) is 5.32 Å². The summed E-state index contributed by atoms with van der Waals surface area (Å²) in [5.74, 6) is 0.161. The molecule has 0 aliphatic rings. The van der Waals surface area contributed by atoms with Crippen molar-refractivity contribution in [1.82, 2.24) is 5.32 Å². The normalized spacial score (nSPS) is 13.1. The highest BCUT2D eigenvalue weighted by molar-refractivity contribution is 7.91. The van der Waals surface area contributed by atoms with Gasteiger partial charge in [0.05, 0.1) is 12.9 Å². The summed E-state index contributed by atoms with van der Waals surface area (Å²) in [6.07, 6.45) is 1.26. The predicted octanol–water partition coefficient (Wildman–Crippen LogP) is 2.70. The summed E-state index contributed by atoms with van der Waals surface area (Å²) in [7, 11) is -1.52. The molecule has 1 aromatic rings. The molecule has 0 aliphatic carbocycles. The van der Waals surface area contributed by atoms with Gasteiger partial charge in [-0.05, 0) is 37.1 Å². The summed E-state index contributed by atoms with van der Waals surface area (Å²) in [5.41, 5.74) is 0.906. The number of sulfone groups is 1. The molecule has 0 saturated carbocycles. The van der Waals surface area contributed by atoms with E-state index in [1.807, 2.05) is 6.92 Å². The first-order valence-electron chi connectivity index (χ1n) is 7.20. The van der Waals surface area contributed by atoms with E-state index in [1.165, 1.54) is 13.2 Å². The molecule has 1 atom stereocenters. The molecule has 0 spiro atoms. The maximum absolute atomic E-state index is 13.4. The summed E-state index contributed by atoms with van der Waals surface area (Å²) in [6.45, 7) is 4.39. The van der Waals surface area contributed by atoms with Crippen LogP contribution < -0.4 is 10.1 Å². The average Bonchev–Trinajstić information content (AvgIpc) is 2.47. The molecule has 0 aliphatic heterocycles. The fourth-order valence-corrected chi connectivity index (χ4v) is 3.07. The Labute approximate surface area is 126 Å². The van der Waals surface area contributed by atoms with Crippen LogP contribution in [0.15, 0.2) is 18.2 Å². The van der Waals surface area contributed by atoms with E-state index in [9.17, 15) is 12.8 Å². The number of hydrogen-bond acceptors (Lipinski definition) is 4. The number of halogens is 1. The molecule has 0 heterocycles. The van der Waals surface area contributed by atoms with Gasteiger partial charge in [0.15, 0.2) is 11.6 Å². The Hall–Kier alpha value is -1.14. The monoisotopic (exact) mass is 317 g/mol. The van der Waals surface area contributed by atoms with Crippen LogP contribution in [-0.2, 0) is 9.84 Å². The van der Waals surface area contributed by atoms with Crippen LogP contribution >= 0.6 is 0 Å². The summed E-state index contributed by atoms with van der Waals surface area (Å²) < 4.78 is 41.5. The van der Waals surface area contributed by atoms with Crippen molar-refractivity contribution in [3.05, 3.63) is 29.6 Å². The Morgan fingerprint density at radius 2 is 2.05 bits per heavy atom. The molecule has 0 bridgehead atoms. The second kappa shape index (κ2) is 8.34. The van der Waals surface area contributed by atoms with E-state index in [4.69, 9.17) is 4.74 Å². The van der Waals surface area contributed by atoms with Gasteiger partial charge in [0.1, 0.15) is 9.84 Å². The van der Waals surface area contributed by atoms with Crippen molar-refractivity contribution in [2.75, 3.05) is 25.2 Å². The number of benzene rings is 1. The Kier molecular flexibility index (Phi) is 7.11. The fraction of sp³-hybridized carbons (Fsp3) is 0.600. The molecule has 0 amide bonds. The van der Waals surface area contributed by atoms with Gasteiger partial charge in [0, 0.05) is 11.8 Å². The smallest absolute Gasteiger partial charge is 0.165 e. The molecule has 1 N–H and O–H groups in total. The van der Waals surface area contributed by atoms with Crippen LogP contribution in [0.4, 0.5) is 4.39 Å². The molecule has 1 unspecified atom stereocenters. The van der Waals surface area contributed by atoms with E-state index >= 15 is 0 Å². The standard InChI is InChI=1S/C15H24FNO3S/c1-4-17-14(7-6-10-21(18,19)5-2)12-8-9-13(16)15(11-12)20-3/h8-9,11,14,17H,4-7,10H2,1-3H3. The van der Waals surface area contributed by atoms with E-state index < -0.39 is 15.7 Å². The lowest BCUT2D eigenvalue weighted by atomic mass is 10.0. The molecule has 4 nitrogen and oxygen atoms in total. The maximum atomic E-state index is 13.4. The number of hydrogen-bond donors (Lipinski definition) is 1. The summed E-state index contributed by atoms with van der Waals surface area (Å²) in [4.78, 5) is 0. The van der Waals surface area contributed by atoms with Gasteiger partial charge in [-0.15, -0.1) is 0 Å². The molecule has 120 valence electrons. The molecule has 0 fully saturated rings. The minimum Gasteiger partial charge on any atom is -0.494 e. The van der Waals surface area contributed by atoms with Crippen LogP contribution in [-0.4, -0.2) is 33.6 Å². The molecule has 0 saturated heterocycles. The first kappa shape index (κ1) is 17.9. The van der Waals surface area contributed by atoms with Crippen molar-refractivity contribution in [1.29, 1.82) is 0 Å². The summed E-state index contributed by atoms with van der Waals surface area (Å²) in [6, 6.07) is 4.74. The van der Waals surface area contributed by atoms with E-state index in [0.29, 0.717) is 12.8 Å². The highest BCUT2D eigenvalue weighted by Crippen LogP contribution is 2.25. The first-order valence-corrected chi connectivity index (χ1v) is 9.02. The SMILES string of the molecule is CCNC(CCCS(=O)(=O)CC)c1ccc(F)c(OC)c1. The van der Waals surface area contributed by atoms with Crippen LogP contribution in [0.5, 0.6) is 5.75 Å². The molecular weight excluding hydrogens is 293 g/mol. The number of methoxy groups -OCH3 is 1. The van der Waals surface area contributed by atoms with Crippen LogP contribution in [0, 0.1) is 5.82 Å². The largest absolute Gasteiger partial charge is 0.494 e. The molecule has 6 heteroatoms. The van der Waals surface area contributed by atoms with Crippen molar-refractivity contribution >= 4 is 9.84 Å². The lowest BCUT2D eigenvalue weighted by Crippen LogP contribution is -2.22. The highest BCUT2D eigenvalue weighted by atomic mass is 32.2. The minimum absolute atomic E-state index is 0.00319. The lowest BCUT2D eigenvalue weighted by Gasteiger charge is -2.19. The first-order chi connectivity index (χ1) is 9.93. The van der Waals surface area contributed by atoms with Gasteiger partial charge in [0.25, 0.3) is 0 Å². The lowest BCUT2D eigenvalue weighted by molar-refractivity contribution is 0.384. The van der Waals surface area contributed by atoms with Crippen LogP contribution in [0.1, 0.15) is 38.3 Å². The molecule has 21 heavy (non-hydrogen) atoms. The predicted molar refractivity (Wildman–Crippen MR) is 82.9 cm³/mol. The van der Waals surface area contributed by atoms with Gasteiger partial charge < -0.3 is 10.1 Å². The van der Waals surface area contributed by atoms with Crippen molar-refractivity contribution in [2.24, 2.45) is 0 Å². The summed E-state index contributed by atoms with van der Waals surface area (Å²) in [5, 5.41) is 3.30. The minimum atomic E-state index is -2.94. The van der Waals surface area contributed by atoms with Gasteiger partial charge in [-0.3, -0.25) is 0 Å². The average molecular weight is 317 g/mol. The van der Waals surface area contributed by atoms with Gasteiger partial charge in [0.2, 0.25) is 0 Å². The molecule has 1 aromatic carbocycles. The van der Waals surface area contributed by atoms with Gasteiger partial charge in [-0.25, -0.2) is 12.8 Å². The summed E-state index contributed by atoms with van der Waals surface area (Å²) >= 11 is 0. The zero-order valence-corrected chi connectivity index (χ0v) is 13.7. The van der Waals surface area contributed by atoms with Crippen molar-refractivity contribution in [3.8, 4) is 5.75 Å². The van der Waals surface area contributed by atoms with Crippen molar-refractivity contribution < 1.29 is 17.5 Å². The highest BCUT2D eigenvalue weighted by Gasteiger charge is 2.15. The van der Waals surface area contributed by atoms with Crippen LogP contribution in [0.2, 0.25) is 0 Å². The van der Waals surface area contributed by atoms with Crippen molar-refractivity contribution in [2.45, 2.75) is 32.7 Å². The number of nitrogens with one attached hydrogen (secondary N) is 1. The topological polar surface area (TPSA) is 55.4 Å². The maximum Gasteiger partial charge on any atom is 0.165 e.